The molecule has 5 nitrogen and oxygen atoms in total. The van der Waals surface area contributed by atoms with Crippen molar-refractivity contribution >= 4 is 28.3 Å². The lowest BCUT2D eigenvalue weighted by Gasteiger charge is -2.21. The Labute approximate surface area is 158 Å². The number of amides is 1. The predicted octanol–water partition coefficient (Wildman–Crippen LogP) is 3.58. The molecule has 138 valence electrons. The largest absolute Gasteiger partial charge is 0.371 e. The Morgan fingerprint density at radius 1 is 1.04 bits per heavy atom. The SMILES string of the molecule is Cc1[nH]c2ccccc2c1C(=O)C(=O)NCc1ccccc1N1CCCC1. The first-order chi connectivity index (χ1) is 13.1. The van der Waals surface area contributed by atoms with Gasteiger partial charge in [-0.1, -0.05) is 36.4 Å². The fraction of sp³-hybridized carbons (Fsp3) is 0.273. The first-order valence-electron chi connectivity index (χ1n) is 9.38. The number of Topliss-reactive ketones (excluding diaryl/α,β-unsaturated/α-hetero) is 1. The van der Waals surface area contributed by atoms with E-state index in [-0.39, 0.29) is 0 Å². The van der Waals surface area contributed by atoms with Crippen LogP contribution in [-0.2, 0) is 11.3 Å². The van der Waals surface area contributed by atoms with Crippen molar-refractivity contribution < 1.29 is 9.59 Å². The van der Waals surface area contributed by atoms with Crippen LogP contribution >= 0.6 is 0 Å². The molecule has 1 fully saturated rings. The second-order valence-corrected chi connectivity index (χ2v) is 7.01. The fourth-order valence-electron chi connectivity index (χ4n) is 3.87. The van der Waals surface area contributed by atoms with Crippen LogP contribution in [0, 0.1) is 6.92 Å². The molecule has 3 aromatic rings. The molecule has 4 rings (SSSR count). The summed E-state index contributed by atoms with van der Waals surface area (Å²) in [5.74, 6) is -1.07. The Bertz CT molecular complexity index is 1000. The van der Waals surface area contributed by atoms with Gasteiger partial charge < -0.3 is 15.2 Å². The molecule has 0 bridgehead atoms. The quantitative estimate of drug-likeness (QED) is 0.539. The average molecular weight is 361 g/mol. The number of nitrogens with one attached hydrogen (secondary N) is 2. The van der Waals surface area contributed by atoms with Crippen LogP contribution in [0.3, 0.4) is 0 Å². The molecule has 0 aliphatic carbocycles. The fourth-order valence-corrected chi connectivity index (χ4v) is 3.87. The Morgan fingerprint density at radius 3 is 2.56 bits per heavy atom. The highest BCUT2D eigenvalue weighted by molar-refractivity contribution is 6.45. The number of aromatic nitrogens is 1. The Balaban J connectivity index is 1.51. The zero-order chi connectivity index (χ0) is 18.8. The van der Waals surface area contributed by atoms with E-state index in [0.717, 1.165) is 35.2 Å². The number of carbonyl (C=O) groups is 2. The summed E-state index contributed by atoms with van der Waals surface area (Å²) < 4.78 is 0. The van der Waals surface area contributed by atoms with Crippen LogP contribution in [-0.4, -0.2) is 29.8 Å². The van der Waals surface area contributed by atoms with E-state index >= 15 is 0 Å². The first kappa shape index (κ1) is 17.3. The normalized spacial score (nSPS) is 13.9. The molecule has 27 heavy (non-hydrogen) atoms. The number of anilines is 1. The zero-order valence-corrected chi connectivity index (χ0v) is 15.4. The molecule has 5 heteroatoms. The van der Waals surface area contributed by atoms with Crippen LogP contribution in [0.1, 0.15) is 34.5 Å². The summed E-state index contributed by atoms with van der Waals surface area (Å²) in [5, 5.41) is 3.60. The monoisotopic (exact) mass is 361 g/mol. The Kier molecular flexibility index (Phi) is 4.67. The molecule has 1 aromatic heterocycles. The number of hydrogen-bond acceptors (Lipinski definition) is 3. The minimum Gasteiger partial charge on any atom is -0.371 e. The van der Waals surface area contributed by atoms with Gasteiger partial charge in [0.2, 0.25) is 0 Å². The average Bonchev–Trinajstić information content (AvgIpc) is 3.33. The molecule has 2 aromatic carbocycles. The third-order valence-electron chi connectivity index (χ3n) is 5.20. The van der Waals surface area contributed by atoms with Crippen molar-refractivity contribution in [3.63, 3.8) is 0 Å². The lowest BCUT2D eigenvalue weighted by Crippen LogP contribution is -2.31. The van der Waals surface area contributed by atoms with Crippen molar-refractivity contribution in [3.05, 3.63) is 65.4 Å². The maximum absolute atomic E-state index is 12.8. The Morgan fingerprint density at radius 2 is 1.74 bits per heavy atom. The summed E-state index contributed by atoms with van der Waals surface area (Å²) in [4.78, 5) is 30.8. The minimum absolute atomic E-state index is 0.346. The van der Waals surface area contributed by atoms with Crippen LogP contribution in [0.15, 0.2) is 48.5 Å². The van der Waals surface area contributed by atoms with Gasteiger partial charge in [-0.05, 0) is 37.5 Å². The number of rotatable bonds is 5. The van der Waals surface area contributed by atoms with Crippen LogP contribution in [0.5, 0.6) is 0 Å². The number of aryl methyl sites for hydroxylation is 1. The van der Waals surface area contributed by atoms with Gasteiger partial charge in [0.25, 0.3) is 11.7 Å². The summed E-state index contributed by atoms with van der Waals surface area (Å²) in [6.07, 6.45) is 2.39. The highest BCUT2D eigenvalue weighted by atomic mass is 16.2. The van der Waals surface area contributed by atoms with Gasteiger partial charge in [0.05, 0.1) is 5.56 Å². The first-order valence-corrected chi connectivity index (χ1v) is 9.38. The second kappa shape index (κ2) is 7.27. The summed E-state index contributed by atoms with van der Waals surface area (Å²) in [7, 11) is 0. The molecule has 0 saturated carbocycles. The van der Waals surface area contributed by atoms with E-state index < -0.39 is 11.7 Å². The molecule has 0 radical (unpaired) electrons. The minimum atomic E-state index is -0.570. The topological polar surface area (TPSA) is 65.2 Å². The van der Waals surface area contributed by atoms with Crippen molar-refractivity contribution in [1.82, 2.24) is 10.3 Å². The van der Waals surface area contributed by atoms with E-state index in [0.29, 0.717) is 17.8 Å². The standard InChI is InChI=1S/C22H23N3O2/c1-15-20(17-9-3-4-10-18(17)24-15)21(26)22(27)23-14-16-8-2-5-11-19(16)25-12-6-7-13-25/h2-5,8-11,24H,6-7,12-14H2,1H3,(H,23,27). The van der Waals surface area contributed by atoms with E-state index in [1.54, 1.807) is 0 Å². The smallest absolute Gasteiger partial charge is 0.292 e. The second-order valence-electron chi connectivity index (χ2n) is 7.01. The number of benzene rings is 2. The summed E-state index contributed by atoms with van der Waals surface area (Å²) in [5.41, 5.74) is 4.22. The van der Waals surface area contributed by atoms with Crippen LogP contribution in [0.4, 0.5) is 5.69 Å². The number of carbonyl (C=O) groups excluding carboxylic acids is 2. The maximum Gasteiger partial charge on any atom is 0.292 e. The van der Waals surface area contributed by atoms with Gasteiger partial charge in [-0.2, -0.15) is 0 Å². The molecule has 1 amide bonds. The molecule has 1 aliphatic heterocycles. The summed E-state index contributed by atoms with van der Waals surface area (Å²) >= 11 is 0. The Hall–Kier alpha value is -3.08. The number of para-hydroxylation sites is 2. The zero-order valence-electron chi connectivity index (χ0n) is 15.4. The van der Waals surface area contributed by atoms with Gasteiger partial charge in [-0.15, -0.1) is 0 Å². The molecule has 2 heterocycles. The van der Waals surface area contributed by atoms with E-state index in [4.69, 9.17) is 0 Å². The molecule has 0 spiro atoms. The van der Waals surface area contributed by atoms with E-state index in [1.807, 2.05) is 49.4 Å². The number of fused-ring (bicyclic) bond motifs is 1. The van der Waals surface area contributed by atoms with Crippen LogP contribution in [0.2, 0.25) is 0 Å². The lowest BCUT2D eigenvalue weighted by atomic mass is 10.1. The number of nitrogens with zero attached hydrogens (tertiary/aromatic N) is 1. The van der Waals surface area contributed by atoms with Gasteiger partial charge >= 0.3 is 0 Å². The summed E-state index contributed by atoms with van der Waals surface area (Å²) in [6, 6.07) is 15.6. The van der Waals surface area contributed by atoms with Gasteiger partial charge in [-0.3, -0.25) is 9.59 Å². The molecule has 2 N–H and O–H groups in total. The van der Waals surface area contributed by atoms with E-state index in [2.05, 4.69) is 21.3 Å². The lowest BCUT2D eigenvalue weighted by molar-refractivity contribution is -0.117. The van der Waals surface area contributed by atoms with Crippen LogP contribution in [0.25, 0.3) is 10.9 Å². The highest BCUT2D eigenvalue weighted by Crippen LogP contribution is 2.25. The van der Waals surface area contributed by atoms with Gasteiger partial charge in [0.15, 0.2) is 0 Å². The molecule has 0 atom stereocenters. The van der Waals surface area contributed by atoms with Crippen molar-refractivity contribution in [2.75, 3.05) is 18.0 Å². The molecule has 1 aliphatic rings. The highest BCUT2D eigenvalue weighted by Gasteiger charge is 2.23. The van der Waals surface area contributed by atoms with E-state index in [1.165, 1.54) is 12.8 Å². The summed E-state index contributed by atoms with van der Waals surface area (Å²) in [6.45, 7) is 4.25. The predicted molar refractivity (Wildman–Crippen MR) is 107 cm³/mol. The van der Waals surface area contributed by atoms with Crippen LogP contribution < -0.4 is 10.2 Å². The molecule has 1 saturated heterocycles. The van der Waals surface area contributed by atoms with Crippen molar-refractivity contribution in [2.24, 2.45) is 0 Å². The number of ketones is 1. The third kappa shape index (κ3) is 3.33. The number of H-pyrrole nitrogens is 1. The molecule has 0 unspecified atom stereocenters. The third-order valence-corrected chi connectivity index (χ3v) is 5.20. The van der Waals surface area contributed by atoms with Crippen molar-refractivity contribution in [3.8, 4) is 0 Å². The van der Waals surface area contributed by atoms with Crippen molar-refractivity contribution in [2.45, 2.75) is 26.3 Å². The number of hydrogen-bond donors (Lipinski definition) is 2. The van der Waals surface area contributed by atoms with Gasteiger partial charge in [-0.25, -0.2) is 0 Å². The van der Waals surface area contributed by atoms with Gasteiger partial charge in [0, 0.05) is 41.9 Å². The maximum atomic E-state index is 12.8. The molecular formula is C22H23N3O2. The number of aromatic amines is 1. The van der Waals surface area contributed by atoms with Gasteiger partial charge in [0.1, 0.15) is 0 Å². The molecular weight excluding hydrogens is 338 g/mol. The van der Waals surface area contributed by atoms with E-state index in [9.17, 15) is 9.59 Å². The van der Waals surface area contributed by atoms with Crippen molar-refractivity contribution in [1.29, 1.82) is 0 Å².